The van der Waals surface area contributed by atoms with Crippen LogP contribution in [0.2, 0.25) is 0 Å². The van der Waals surface area contributed by atoms with E-state index in [4.69, 9.17) is 4.74 Å². The number of hydrogen-bond acceptors (Lipinski definition) is 4. The van der Waals surface area contributed by atoms with Crippen LogP contribution in [-0.2, 0) is 11.8 Å². The van der Waals surface area contributed by atoms with Crippen molar-refractivity contribution in [2.75, 3.05) is 7.11 Å². The summed E-state index contributed by atoms with van der Waals surface area (Å²) in [6.45, 7) is 6.38. The van der Waals surface area contributed by atoms with E-state index < -0.39 is 6.10 Å². The number of aromatic nitrogens is 1. The quantitative estimate of drug-likeness (QED) is 0.933. The van der Waals surface area contributed by atoms with E-state index in [1.807, 2.05) is 29.6 Å². The molecule has 1 heterocycles. The Bertz CT molecular complexity index is 572. The number of aliphatic hydroxyl groups is 1. The van der Waals surface area contributed by atoms with Gasteiger partial charge in [-0.15, -0.1) is 11.3 Å². The molecule has 1 aromatic carbocycles. The lowest BCUT2D eigenvalue weighted by molar-refractivity contribution is 0.173. The fourth-order valence-corrected chi connectivity index (χ4v) is 2.92. The van der Waals surface area contributed by atoms with E-state index in [9.17, 15) is 5.11 Å². The number of nitrogens with zero attached hydrogens (tertiary/aromatic N) is 1. The van der Waals surface area contributed by atoms with Crippen LogP contribution in [0.3, 0.4) is 0 Å². The van der Waals surface area contributed by atoms with Gasteiger partial charge in [-0.3, -0.25) is 0 Å². The summed E-state index contributed by atoms with van der Waals surface area (Å²) in [4.78, 5) is 4.56. The lowest BCUT2D eigenvalue weighted by Gasteiger charge is -2.14. The molecule has 0 aliphatic carbocycles. The number of hydrogen-bond donors (Lipinski definition) is 1. The van der Waals surface area contributed by atoms with Crippen molar-refractivity contribution in [1.82, 2.24) is 4.98 Å². The summed E-state index contributed by atoms with van der Waals surface area (Å²) in [5.74, 6) is 0.804. The summed E-state index contributed by atoms with van der Waals surface area (Å²) >= 11 is 1.60. The minimum Gasteiger partial charge on any atom is -0.496 e. The molecule has 0 amide bonds. The molecule has 0 bridgehead atoms. The first-order valence-electron chi connectivity index (χ1n) is 6.67. The fraction of sp³-hybridized carbons (Fsp3) is 0.438. The Balaban J connectivity index is 2.16. The Morgan fingerprint density at radius 2 is 2.00 bits per heavy atom. The van der Waals surface area contributed by atoms with Crippen LogP contribution >= 0.6 is 11.3 Å². The van der Waals surface area contributed by atoms with E-state index in [0.717, 1.165) is 22.0 Å². The standard InChI is InChI=1S/C16H21NO2S/c1-16(2,3)15-17-12(10-20-15)13(18)9-11-7-5-6-8-14(11)19-4/h5-8,10,13,18H,9H2,1-4H3. The zero-order valence-corrected chi connectivity index (χ0v) is 13.2. The van der Waals surface area contributed by atoms with Crippen molar-refractivity contribution in [3.8, 4) is 5.75 Å². The SMILES string of the molecule is COc1ccccc1CC(O)c1csc(C(C)(C)C)n1. The van der Waals surface area contributed by atoms with Gasteiger partial charge in [0.05, 0.1) is 17.8 Å². The molecule has 0 saturated heterocycles. The first-order chi connectivity index (χ1) is 9.41. The Hall–Kier alpha value is -1.39. The van der Waals surface area contributed by atoms with Gasteiger partial charge in [-0.05, 0) is 11.6 Å². The highest BCUT2D eigenvalue weighted by Crippen LogP contribution is 2.30. The van der Waals surface area contributed by atoms with Gasteiger partial charge in [0, 0.05) is 17.2 Å². The van der Waals surface area contributed by atoms with Gasteiger partial charge in [-0.2, -0.15) is 0 Å². The van der Waals surface area contributed by atoms with Crippen molar-refractivity contribution in [3.05, 3.63) is 45.9 Å². The number of methoxy groups -OCH3 is 1. The van der Waals surface area contributed by atoms with Crippen LogP contribution < -0.4 is 4.74 Å². The van der Waals surface area contributed by atoms with Crippen LogP contribution in [0, 0.1) is 0 Å². The number of ether oxygens (including phenoxy) is 1. The van der Waals surface area contributed by atoms with E-state index >= 15 is 0 Å². The summed E-state index contributed by atoms with van der Waals surface area (Å²) in [6, 6.07) is 7.75. The second-order valence-corrected chi connectivity index (χ2v) is 6.72. The van der Waals surface area contributed by atoms with Crippen LogP contribution in [0.25, 0.3) is 0 Å². The topological polar surface area (TPSA) is 42.4 Å². The molecule has 0 saturated carbocycles. The monoisotopic (exact) mass is 291 g/mol. The maximum Gasteiger partial charge on any atom is 0.122 e. The Kier molecular flexibility index (Phi) is 4.45. The van der Waals surface area contributed by atoms with Crippen LogP contribution in [0.15, 0.2) is 29.6 Å². The molecule has 1 unspecified atom stereocenters. The first-order valence-corrected chi connectivity index (χ1v) is 7.55. The number of thiazole rings is 1. The van der Waals surface area contributed by atoms with E-state index in [2.05, 4.69) is 25.8 Å². The lowest BCUT2D eigenvalue weighted by atomic mass is 9.98. The molecule has 1 aromatic heterocycles. The first kappa shape index (κ1) is 15.0. The zero-order chi connectivity index (χ0) is 14.8. The van der Waals surface area contributed by atoms with E-state index in [1.165, 1.54) is 0 Å². The molecule has 4 heteroatoms. The lowest BCUT2D eigenvalue weighted by Crippen LogP contribution is -2.11. The second-order valence-electron chi connectivity index (χ2n) is 5.86. The molecule has 0 aliphatic rings. The van der Waals surface area contributed by atoms with Crippen molar-refractivity contribution in [2.45, 2.75) is 38.7 Å². The summed E-state index contributed by atoms with van der Waals surface area (Å²) in [5.41, 5.74) is 1.76. The predicted octanol–water partition coefficient (Wildman–Crippen LogP) is 3.73. The molecule has 0 aliphatic heterocycles. The van der Waals surface area contributed by atoms with Gasteiger partial charge in [0.25, 0.3) is 0 Å². The minimum atomic E-state index is -0.598. The Morgan fingerprint density at radius 3 is 2.60 bits per heavy atom. The third-order valence-electron chi connectivity index (χ3n) is 3.11. The van der Waals surface area contributed by atoms with E-state index in [0.29, 0.717) is 6.42 Å². The molecular weight excluding hydrogens is 270 g/mol. The molecule has 1 N–H and O–H groups in total. The molecule has 108 valence electrons. The molecular formula is C16H21NO2S. The molecule has 2 aromatic rings. The van der Waals surface area contributed by atoms with Crippen molar-refractivity contribution in [3.63, 3.8) is 0 Å². The van der Waals surface area contributed by atoms with Crippen LogP contribution in [0.5, 0.6) is 5.75 Å². The van der Waals surface area contributed by atoms with Crippen LogP contribution in [0.4, 0.5) is 0 Å². The molecule has 0 radical (unpaired) electrons. The van der Waals surface area contributed by atoms with Gasteiger partial charge in [0.2, 0.25) is 0 Å². The van der Waals surface area contributed by atoms with Gasteiger partial charge in [-0.25, -0.2) is 4.98 Å². The summed E-state index contributed by atoms with van der Waals surface area (Å²) in [6.07, 6.45) is -0.0872. The summed E-state index contributed by atoms with van der Waals surface area (Å²) in [5, 5.41) is 13.4. The number of rotatable bonds is 4. The summed E-state index contributed by atoms with van der Waals surface area (Å²) < 4.78 is 5.31. The molecule has 20 heavy (non-hydrogen) atoms. The average molecular weight is 291 g/mol. The third kappa shape index (κ3) is 3.38. The average Bonchev–Trinajstić information content (AvgIpc) is 2.89. The van der Waals surface area contributed by atoms with Crippen molar-refractivity contribution < 1.29 is 9.84 Å². The minimum absolute atomic E-state index is 0.0209. The highest BCUT2D eigenvalue weighted by Gasteiger charge is 2.21. The molecule has 1 atom stereocenters. The number of para-hydroxylation sites is 1. The predicted molar refractivity (Wildman–Crippen MR) is 82.5 cm³/mol. The maximum absolute atomic E-state index is 10.4. The van der Waals surface area contributed by atoms with Gasteiger partial charge in [0.15, 0.2) is 0 Å². The smallest absolute Gasteiger partial charge is 0.122 e. The fourth-order valence-electron chi connectivity index (χ4n) is 1.97. The number of aliphatic hydroxyl groups excluding tert-OH is 1. The Morgan fingerprint density at radius 1 is 1.30 bits per heavy atom. The van der Waals surface area contributed by atoms with Gasteiger partial charge >= 0.3 is 0 Å². The molecule has 2 rings (SSSR count). The van der Waals surface area contributed by atoms with Crippen molar-refractivity contribution in [1.29, 1.82) is 0 Å². The van der Waals surface area contributed by atoms with Gasteiger partial charge in [-0.1, -0.05) is 39.0 Å². The second kappa shape index (κ2) is 5.94. The van der Waals surface area contributed by atoms with E-state index in [-0.39, 0.29) is 5.41 Å². The van der Waals surface area contributed by atoms with Crippen LogP contribution in [0.1, 0.15) is 43.1 Å². The highest BCUT2D eigenvalue weighted by atomic mass is 32.1. The van der Waals surface area contributed by atoms with E-state index in [1.54, 1.807) is 18.4 Å². The van der Waals surface area contributed by atoms with Crippen LogP contribution in [-0.4, -0.2) is 17.2 Å². The number of benzene rings is 1. The summed E-state index contributed by atoms with van der Waals surface area (Å²) in [7, 11) is 1.64. The molecule has 0 spiro atoms. The molecule has 3 nitrogen and oxygen atoms in total. The molecule has 0 fully saturated rings. The van der Waals surface area contributed by atoms with Gasteiger partial charge in [0.1, 0.15) is 11.9 Å². The third-order valence-corrected chi connectivity index (χ3v) is 4.40. The maximum atomic E-state index is 10.4. The normalized spacial score (nSPS) is 13.2. The Labute approximate surface area is 124 Å². The largest absolute Gasteiger partial charge is 0.496 e. The highest BCUT2D eigenvalue weighted by molar-refractivity contribution is 7.09. The van der Waals surface area contributed by atoms with Gasteiger partial charge < -0.3 is 9.84 Å². The van der Waals surface area contributed by atoms with Crippen molar-refractivity contribution in [2.24, 2.45) is 0 Å². The zero-order valence-electron chi connectivity index (χ0n) is 12.4. The van der Waals surface area contributed by atoms with Crippen molar-refractivity contribution >= 4 is 11.3 Å².